The van der Waals surface area contributed by atoms with Crippen LogP contribution in [0.2, 0.25) is 0 Å². The molecule has 1 unspecified atom stereocenters. The van der Waals surface area contributed by atoms with Crippen molar-refractivity contribution < 1.29 is 0 Å². The topological polar surface area (TPSA) is 3.24 Å². The van der Waals surface area contributed by atoms with Crippen molar-refractivity contribution in [2.75, 3.05) is 7.05 Å². The fourth-order valence-electron chi connectivity index (χ4n) is 1.25. The molecule has 1 aliphatic heterocycles. The van der Waals surface area contributed by atoms with Crippen LogP contribution in [0.25, 0.3) is 0 Å². The summed E-state index contributed by atoms with van der Waals surface area (Å²) in [5, 5.41) is 2.24. The lowest BCUT2D eigenvalue weighted by Crippen LogP contribution is -2.18. The largest absolute Gasteiger partial charge is 0.357 e. The predicted molar refractivity (Wildman–Crippen MR) is 60.4 cm³/mol. The van der Waals surface area contributed by atoms with Gasteiger partial charge in [0.1, 0.15) is 4.71 Å². The molecule has 0 aromatic rings. The third-order valence-corrected chi connectivity index (χ3v) is 3.83. The van der Waals surface area contributed by atoms with Crippen molar-refractivity contribution in [2.45, 2.75) is 37.3 Å². The van der Waals surface area contributed by atoms with Crippen LogP contribution >= 0.6 is 24.4 Å². The van der Waals surface area contributed by atoms with E-state index in [1.807, 2.05) is 0 Å². The van der Waals surface area contributed by atoms with Gasteiger partial charge >= 0.3 is 0 Å². The number of rotatable bonds is 4. The van der Waals surface area contributed by atoms with Crippen LogP contribution in [0.3, 0.4) is 0 Å². The Kier molecular flexibility index (Phi) is 4.36. The zero-order valence-electron chi connectivity index (χ0n) is 7.79. The van der Waals surface area contributed by atoms with Crippen molar-refractivity contribution in [2.24, 2.45) is 0 Å². The number of unbranched alkanes of at least 4 members (excludes halogenated alkanes) is 2. The highest BCUT2D eigenvalue weighted by molar-refractivity contribution is 8.12. The summed E-state index contributed by atoms with van der Waals surface area (Å²) >= 11 is 6.23. The van der Waals surface area contributed by atoms with Gasteiger partial charge in [-0.25, -0.2) is 0 Å². The van der Waals surface area contributed by atoms with Crippen molar-refractivity contribution in [1.29, 1.82) is 0 Å². The van der Waals surface area contributed by atoms with Crippen LogP contribution in [-0.4, -0.2) is 16.7 Å². The second kappa shape index (κ2) is 5.07. The lowest BCUT2D eigenvalue weighted by atomic mass is 10.2. The predicted octanol–water partition coefficient (Wildman–Crippen LogP) is 3.30. The molecule has 12 heavy (non-hydrogen) atoms. The molecule has 0 fully saturated rings. The first-order valence-corrected chi connectivity index (χ1v) is 5.97. The average Bonchev–Trinajstić information content (AvgIpc) is 2.36. The zero-order valence-corrected chi connectivity index (χ0v) is 9.50. The number of thioether (sulfide) groups is 1. The molecule has 1 atom stereocenters. The Labute approximate surface area is 85.0 Å². The van der Waals surface area contributed by atoms with Gasteiger partial charge in [0, 0.05) is 12.7 Å². The van der Waals surface area contributed by atoms with Crippen molar-refractivity contribution >= 4 is 24.4 Å². The van der Waals surface area contributed by atoms with E-state index in [1.165, 1.54) is 31.4 Å². The Morgan fingerprint density at radius 3 is 2.83 bits per heavy atom. The molecule has 1 heterocycles. The lowest BCUT2D eigenvalue weighted by Gasteiger charge is -2.20. The Morgan fingerprint density at radius 1 is 1.58 bits per heavy atom. The number of nitrogens with zero attached hydrogens (tertiary/aromatic N) is 1. The standard InChI is InChI=1S/C9H17NS2/c1-3-4-5-6-8-7-12-9(11)10(8)2/h7,9,11H,3-6H2,1-2H3. The second-order valence-electron chi connectivity index (χ2n) is 3.14. The van der Waals surface area contributed by atoms with E-state index in [0.29, 0.717) is 4.71 Å². The van der Waals surface area contributed by atoms with Crippen LogP contribution in [0, 0.1) is 0 Å². The molecule has 3 heteroatoms. The van der Waals surface area contributed by atoms with Crippen LogP contribution in [0.15, 0.2) is 11.1 Å². The number of hydrogen-bond donors (Lipinski definition) is 1. The van der Waals surface area contributed by atoms with Crippen LogP contribution in [-0.2, 0) is 0 Å². The van der Waals surface area contributed by atoms with Crippen molar-refractivity contribution in [3.05, 3.63) is 11.1 Å². The van der Waals surface area contributed by atoms with Crippen LogP contribution in [0.5, 0.6) is 0 Å². The highest BCUT2D eigenvalue weighted by Crippen LogP contribution is 2.33. The van der Waals surface area contributed by atoms with Gasteiger partial charge in [-0.15, -0.1) is 12.6 Å². The minimum absolute atomic E-state index is 0.349. The smallest absolute Gasteiger partial charge is 0.123 e. The average molecular weight is 203 g/mol. The van der Waals surface area contributed by atoms with E-state index in [1.54, 1.807) is 11.8 Å². The Bertz CT molecular complexity index is 168. The molecule has 0 saturated heterocycles. The normalized spacial score (nSPS) is 23.1. The third kappa shape index (κ3) is 2.63. The van der Waals surface area contributed by atoms with Gasteiger partial charge in [-0.05, 0) is 18.2 Å². The number of hydrogen-bond acceptors (Lipinski definition) is 3. The Balaban J connectivity index is 2.24. The first-order chi connectivity index (χ1) is 5.75. The highest BCUT2D eigenvalue weighted by atomic mass is 32.2. The van der Waals surface area contributed by atoms with Crippen LogP contribution in [0.1, 0.15) is 32.6 Å². The van der Waals surface area contributed by atoms with Crippen molar-refractivity contribution in [3.63, 3.8) is 0 Å². The molecule has 1 aliphatic rings. The summed E-state index contributed by atoms with van der Waals surface area (Å²) in [5.74, 6) is 0. The Morgan fingerprint density at radius 2 is 2.33 bits per heavy atom. The first-order valence-electron chi connectivity index (χ1n) is 4.51. The van der Waals surface area contributed by atoms with E-state index in [4.69, 9.17) is 0 Å². The molecular weight excluding hydrogens is 186 g/mol. The second-order valence-corrected chi connectivity index (χ2v) is 4.93. The van der Waals surface area contributed by atoms with Gasteiger partial charge in [0.05, 0.1) is 0 Å². The molecule has 0 spiro atoms. The maximum atomic E-state index is 4.43. The van der Waals surface area contributed by atoms with Crippen LogP contribution in [0.4, 0.5) is 0 Å². The first kappa shape index (κ1) is 10.3. The molecular formula is C9H17NS2. The van der Waals surface area contributed by atoms with E-state index in [9.17, 15) is 0 Å². The van der Waals surface area contributed by atoms with E-state index >= 15 is 0 Å². The van der Waals surface area contributed by atoms with Gasteiger partial charge in [-0.3, -0.25) is 0 Å². The number of thiol groups is 1. The molecule has 0 aromatic heterocycles. The summed E-state index contributed by atoms with van der Waals surface area (Å²) in [4.78, 5) is 2.25. The molecule has 1 nitrogen and oxygen atoms in total. The molecule has 0 aliphatic carbocycles. The van der Waals surface area contributed by atoms with Gasteiger partial charge in [0.25, 0.3) is 0 Å². The van der Waals surface area contributed by atoms with Crippen molar-refractivity contribution in [1.82, 2.24) is 4.90 Å². The quantitative estimate of drug-likeness (QED) is 0.551. The summed E-state index contributed by atoms with van der Waals surface area (Å²) in [6.45, 7) is 2.24. The van der Waals surface area contributed by atoms with Crippen molar-refractivity contribution in [3.8, 4) is 0 Å². The summed E-state index contributed by atoms with van der Waals surface area (Å²) in [6, 6.07) is 0. The summed E-state index contributed by atoms with van der Waals surface area (Å²) in [6.07, 6.45) is 5.17. The third-order valence-electron chi connectivity index (χ3n) is 2.15. The lowest BCUT2D eigenvalue weighted by molar-refractivity contribution is 0.451. The molecule has 0 aromatic carbocycles. The maximum absolute atomic E-state index is 4.43. The maximum Gasteiger partial charge on any atom is 0.123 e. The SMILES string of the molecule is CCCCCC1=CSC(S)N1C. The van der Waals surface area contributed by atoms with Gasteiger partial charge in [-0.2, -0.15) is 0 Å². The molecule has 0 amide bonds. The summed E-state index contributed by atoms with van der Waals surface area (Å²) in [7, 11) is 2.12. The minimum atomic E-state index is 0.349. The molecule has 0 radical (unpaired) electrons. The van der Waals surface area contributed by atoms with Gasteiger partial charge in [-0.1, -0.05) is 31.5 Å². The van der Waals surface area contributed by atoms with E-state index in [2.05, 4.69) is 36.9 Å². The zero-order chi connectivity index (χ0) is 8.97. The fourth-order valence-corrected chi connectivity index (χ4v) is 2.46. The molecule has 1 rings (SSSR count). The Hall–Kier alpha value is 0.240. The van der Waals surface area contributed by atoms with E-state index in [-0.39, 0.29) is 0 Å². The fraction of sp³-hybridized carbons (Fsp3) is 0.778. The van der Waals surface area contributed by atoms with Gasteiger partial charge < -0.3 is 4.90 Å². The van der Waals surface area contributed by atoms with E-state index < -0.39 is 0 Å². The van der Waals surface area contributed by atoms with Gasteiger partial charge in [0.15, 0.2) is 0 Å². The van der Waals surface area contributed by atoms with Crippen LogP contribution < -0.4 is 0 Å². The summed E-state index contributed by atoms with van der Waals surface area (Å²) < 4.78 is 0.349. The van der Waals surface area contributed by atoms with Gasteiger partial charge in [0.2, 0.25) is 0 Å². The molecule has 0 bridgehead atoms. The number of allylic oxidation sites excluding steroid dienone is 1. The van der Waals surface area contributed by atoms with E-state index in [0.717, 1.165) is 0 Å². The monoisotopic (exact) mass is 203 g/mol. The highest BCUT2D eigenvalue weighted by Gasteiger charge is 2.18. The molecule has 0 N–H and O–H groups in total. The molecule has 70 valence electrons. The minimum Gasteiger partial charge on any atom is -0.357 e. The summed E-state index contributed by atoms with van der Waals surface area (Å²) in [5.41, 5.74) is 1.45. The molecule has 0 saturated carbocycles.